The minimum atomic E-state index is -0.157. The number of rotatable bonds is 3. The summed E-state index contributed by atoms with van der Waals surface area (Å²) in [6.07, 6.45) is 2.04. The third kappa shape index (κ3) is 4.15. The average Bonchev–Trinajstić information content (AvgIpc) is 3.15. The van der Waals surface area contributed by atoms with Crippen LogP contribution < -0.4 is 5.32 Å². The number of carbonyl (C=O) groups excluding carboxylic acids is 1. The van der Waals surface area contributed by atoms with Gasteiger partial charge in [0, 0.05) is 18.0 Å². The van der Waals surface area contributed by atoms with Crippen LogP contribution in [0.5, 0.6) is 0 Å². The van der Waals surface area contributed by atoms with Gasteiger partial charge in [-0.25, -0.2) is 4.79 Å². The van der Waals surface area contributed by atoms with Gasteiger partial charge < -0.3 is 10.2 Å². The van der Waals surface area contributed by atoms with E-state index in [-0.39, 0.29) is 21.8 Å². The number of nitriles is 1. The first kappa shape index (κ1) is 19.1. The highest BCUT2D eigenvalue weighted by atomic mass is 35.5. The van der Waals surface area contributed by atoms with Gasteiger partial charge in [-0.05, 0) is 31.0 Å². The molecule has 1 fully saturated rings. The maximum atomic E-state index is 12.2. The largest absolute Gasteiger partial charge is 0.325 e. The zero-order valence-corrected chi connectivity index (χ0v) is 16.4. The molecule has 1 saturated heterocycles. The number of carbonyl (C=O) groups is 1. The molecule has 0 atom stereocenters. The van der Waals surface area contributed by atoms with Crippen LogP contribution in [0.2, 0.25) is 15.2 Å². The number of hydrogen-bond donors (Lipinski definition) is 1. The Morgan fingerprint density at radius 1 is 1.23 bits per heavy atom. The lowest BCUT2D eigenvalue weighted by Crippen LogP contribution is -2.32. The van der Waals surface area contributed by atoms with Crippen molar-refractivity contribution in [1.82, 2.24) is 15.1 Å². The Labute approximate surface area is 169 Å². The Balaban J connectivity index is 1.76. The van der Waals surface area contributed by atoms with Crippen molar-refractivity contribution in [3.8, 4) is 6.07 Å². The van der Waals surface area contributed by atoms with Gasteiger partial charge >= 0.3 is 6.03 Å². The summed E-state index contributed by atoms with van der Waals surface area (Å²) >= 11 is 19.4. The summed E-state index contributed by atoms with van der Waals surface area (Å²) in [7, 11) is 0. The van der Waals surface area contributed by atoms with Gasteiger partial charge in [0.1, 0.15) is 16.7 Å². The van der Waals surface area contributed by atoms with E-state index in [1.807, 2.05) is 6.07 Å². The second kappa shape index (κ2) is 8.31. The molecule has 10 heteroatoms. The lowest BCUT2D eigenvalue weighted by Gasteiger charge is -2.17. The minimum Gasteiger partial charge on any atom is -0.325 e. The first-order valence-corrected chi connectivity index (χ1v) is 9.59. The van der Waals surface area contributed by atoms with E-state index in [2.05, 4.69) is 15.5 Å². The van der Waals surface area contributed by atoms with E-state index in [0.29, 0.717) is 15.7 Å². The van der Waals surface area contributed by atoms with Gasteiger partial charge in [-0.3, -0.25) is 0 Å². The van der Waals surface area contributed by atoms with Crippen LogP contribution in [-0.2, 0) is 0 Å². The quantitative estimate of drug-likeness (QED) is 0.736. The number of nitrogens with zero attached hydrogens (tertiary/aromatic N) is 4. The second-order valence-corrected chi connectivity index (χ2v) is 7.67. The molecular weight excluding hydrogens is 417 g/mol. The Morgan fingerprint density at radius 3 is 2.62 bits per heavy atom. The maximum absolute atomic E-state index is 12.2. The van der Waals surface area contributed by atoms with E-state index in [0.717, 1.165) is 30.8 Å². The molecular formula is C16H12Cl3N5OS. The van der Waals surface area contributed by atoms with E-state index >= 15 is 0 Å². The molecule has 0 spiro atoms. The molecule has 134 valence electrons. The summed E-state index contributed by atoms with van der Waals surface area (Å²) < 4.78 is 0. The molecule has 0 radical (unpaired) electrons. The van der Waals surface area contributed by atoms with Crippen LogP contribution >= 0.6 is 46.6 Å². The standard InChI is InChI=1S/C16H12Cl3N5OS/c17-11-7-9(26-15-13(18)10(8-20)14(19)22-23-15)3-4-12(11)21-16(25)24-5-1-2-6-24/h3-4,7H,1-2,5-6H2,(H,21,25). The number of likely N-dealkylation sites (tertiary alicyclic amines) is 1. The molecule has 2 aromatic rings. The van der Waals surface area contributed by atoms with Gasteiger partial charge in [0.15, 0.2) is 5.15 Å². The molecule has 1 N–H and O–H groups in total. The maximum Gasteiger partial charge on any atom is 0.321 e. The second-order valence-electron chi connectivity index (χ2n) is 5.46. The van der Waals surface area contributed by atoms with Crippen molar-refractivity contribution < 1.29 is 4.79 Å². The van der Waals surface area contributed by atoms with Crippen molar-refractivity contribution in [3.63, 3.8) is 0 Å². The summed E-state index contributed by atoms with van der Waals surface area (Å²) in [4.78, 5) is 14.7. The topological polar surface area (TPSA) is 81.9 Å². The van der Waals surface area contributed by atoms with Crippen molar-refractivity contribution >= 4 is 58.3 Å². The van der Waals surface area contributed by atoms with Crippen LogP contribution in [0.4, 0.5) is 10.5 Å². The van der Waals surface area contributed by atoms with Gasteiger partial charge in [0.25, 0.3) is 0 Å². The van der Waals surface area contributed by atoms with Crippen molar-refractivity contribution in [2.45, 2.75) is 22.8 Å². The van der Waals surface area contributed by atoms with Crippen molar-refractivity contribution in [3.05, 3.63) is 39.0 Å². The van der Waals surface area contributed by atoms with Gasteiger partial charge in [-0.2, -0.15) is 5.26 Å². The first-order chi connectivity index (χ1) is 12.5. The SMILES string of the molecule is N#Cc1c(Cl)nnc(Sc2ccc(NC(=O)N3CCCC3)c(Cl)c2)c1Cl. The van der Waals surface area contributed by atoms with Crippen LogP contribution in [0.1, 0.15) is 18.4 Å². The minimum absolute atomic E-state index is 0.0418. The number of hydrogen-bond acceptors (Lipinski definition) is 5. The van der Waals surface area contributed by atoms with Crippen LogP contribution in [0, 0.1) is 11.3 Å². The van der Waals surface area contributed by atoms with Crippen molar-refractivity contribution in [2.75, 3.05) is 18.4 Å². The number of nitrogens with one attached hydrogen (secondary N) is 1. The van der Waals surface area contributed by atoms with E-state index in [1.165, 1.54) is 11.8 Å². The Hall–Kier alpha value is -1.72. The fourth-order valence-corrected chi connectivity index (χ4v) is 4.04. The van der Waals surface area contributed by atoms with E-state index in [4.69, 9.17) is 40.1 Å². The summed E-state index contributed by atoms with van der Waals surface area (Å²) in [5.74, 6) is 0. The number of halogens is 3. The first-order valence-electron chi connectivity index (χ1n) is 7.64. The lowest BCUT2D eigenvalue weighted by molar-refractivity contribution is 0.222. The van der Waals surface area contributed by atoms with Crippen LogP contribution in [0.15, 0.2) is 28.1 Å². The lowest BCUT2D eigenvalue weighted by atomic mass is 10.3. The number of urea groups is 1. The molecule has 1 aliphatic heterocycles. The third-order valence-corrected chi connectivity index (χ3v) is 5.77. The van der Waals surface area contributed by atoms with E-state index < -0.39 is 0 Å². The van der Waals surface area contributed by atoms with Gasteiger partial charge in [0.2, 0.25) is 0 Å². The van der Waals surface area contributed by atoms with Gasteiger partial charge in [-0.1, -0.05) is 46.6 Å². The molecule has 0 unspecified atom stereocenters. The molecule has 0 saturated carbocycles. The Bertz CT molecular complexity index is 896. The molecule has 6 nitrogen and oxygen atoms in total. The van der Waals surface area contributed by atoms with Crippen LogP contribution in [0.3, 0.4) is 0 Å². The third-order valence-electron chi connectivity index (χ3n) is 3.74. The monoisotopic (exact) mass is 427 g/mol. The predicted octanol–water partition coefficient (Wildman–Crippen LogP) is 5.09. The fraction of sp³-hybridized carbons (Fsp3) is 0.250. The number of benzene rings is 1. The summed E-state index contributed by atoms with van der Waals surface area (Å²) in [5.41, 5.74) is 0.602. The molecule has 3 rings (SSSR count). The Morgan fingerprint density at radius 2 is 1.96 bits per heavy atom. The summed E-state index contributed by atoms with van der Waals surface area (Å²) in [6.45, 7) is 1.51. The summed E-state index contributed by atoms with van der Waals surface area (Å²) in [6, 6.07) is 6.91. The number of amides is 2. The van der Waals surface area contributed by atoms with Crippen molar-refractivity contribution in [2.24, 2.45) is 0 Å². The van der Waals surface area contributed by atoms with Crippen LogP contribution in [-0.4, -0.2) is 34.2 Å². The molecule has 1 aromatic heterocycles. The molecule has 0 aliphatic carbocycles. The zero-order valence-electron chi connectivity index (χ0n) is 13.3. The molecule has 2 amide bonds. The van der Waals surface area contributed by atoms with Gasteiger partial charge in [-0.15, -0.1) is 10.2 Å². The normalized spacial score (nSPS) is 13.5. The highest BCUT2D eigenvalue weighted by Crippen LogP contribution is 2.37. The summed E-state index contributed by atoms with van der Waals surface area (Å²) in [5, 5.41) is 20.4. The van der Waals surface area contributed by atoms with Gasteiger partial charge in [0.05, 0.1) is 15.7 Å². The molecule has 1 aromatic carbocycles. The number of anilines is 1. The number of aromatic nitrogens is 2. The highest BCUT2D eigenvalue weighted by molar-refractivity contribution is 7.99. The zero-order chi connectivity index (χ0) is 18.7. The fourth-order valence-electron chi connectivity index (χ4n) is 2.43. The van der Waals surface area contributed by atoms with Crippen LogP contribution in [0.25, 0.3) is 0 Å². The Kier molecular flexibility index (Phi) is 6.09. The molecule has 0 bridgehead atoms. The van der Waals surface area contributed by atoms with E-state index in [1.54, 1.807) is 23.1 Å². The highest BCUT2D eigenvalue weighted by Gasteiger charge is 2.19. The average molecular weight is 429 g/mol. The smallest absolute Gasteiger partial charge is 0.321 e. The predicted molar refractivity (Wildman–Crippen MR) is 102 cm³/mol. The van der Waals surface area contributed by atoms with E-state index in [9.17, 15) is 4.79 Å². The molecule has 26 heavy (non-hydrogen) atoms. The molecule has 1 aliphatic rings. The molecule has 2 heterocycles. The van der Waals surface area contributed by atoms with Crippen molar-refractivity contribution in [1.29, 1.82) is 5.26 Å².